The Morgan fingerprint density at radius 3 is 2.21 bits per heavy atom. The molecule has 1 aromatic heterocycles. The summed E-state index contributed by atoms with van der Waals surface area (Å²) in [5.74, 6) is 1.78. The molecule has 148 valence electrons. The molecular weight excluding hydrogens is 342 g/mol. The van der Waals surface area contributed by atoms with E-state index in [-0.39, 0.29) is 0 Å². The lowest BCUT2D eigenvalue weighted by Gasteiger charge is -2.27. The van der Waals surface area contributed by atoms with Crippen molar-refractivity contribution in [1.29, 1.82) is 0 Å². The third-order valence-corrected chi connectivity index (χ3v) is 6.23. The SMILES string of the molecule is CC(C)c1ccc(Cn2c(C(C)N3CCCCCC3)nc3ccccc32)cc1. The second-order valence-corrected chi connectivity index (χ2v) is 8.57. The molecule has 2 heterocycles. The molecule has 0 bridgehead atoms. The van der Waals surface area contributed by atoms with E-state index in [2.05, 4.69) is 78.8 Å². The van der Waals surface area contributed by atoms with Crippen molar-refractivity contribution >= 4 is 11.0 Å². The van der Waals surface area contributed by atoms with Gasteiger partial charge in [-0.2, -0.15) is 0 Å². The Labute approximate surface area is 169 Å². The Morgan fingerprint density at radius 2 is 1.54 bits per heavy atom. The standard InChI is InChI=1S/C25H33N3/c1-19(2)22-14-12-21(13-15-22)18-28-24-11-7-6-10-23(24)26-25(28)20(3)27-16-8-4-5-9-17-27/h6-7,10-15,19-20H,4-5,8-9,16-18H2,1-3H3. The molecule has 28 heavy (non-hydrogen) atoms. The number of hydrogen-bond donors (Lipinski definition) is 0. The van der Waals surface area contributed by atoms with Crippen molar-refractivity contribution in [3.8, 4) is 0 Å². The van der Waals surface area contributed by atoms with Gasteiger partial charge in [-0.05, 0) is 62.0 Å². The lowest BCUT2D eigenvalue weighted by atomic mass is 10.0. The molecule has 1 unspecified atom stereocenters. The molecule has 1 fully saturated rings. The van der Waals surface area contributed by atoms with Gasteiger partial charge in [-0.3, -0.25) is 4.90 Å². The van der Waals surface area contributed by atoms with Gasteiger partial charge in [-0.1, -0.05) is 63.1 Å². The number of aromatic nitrogens is 2. The van der Waals surface area contributed by atoms with Crippen molar-refractivity contribution in [2.45, 2.75) is 65.0 Å². The van der Waals surface area contributed by atoms with Crippen molar-refractivity contribution in [3.63, 3.8) is 0 Å². The predicted octanol–water partition coefficient (Wildman–Crippen LogP) is 6.15. The fourth-order valence-corrected chi connectivity index (χ4v) is 4.42. The zero-order valence-corrected chi connectivity index (χ0v) is 17.6. The van der Waals surface area contributed by atoms with E-state index in [0.717, 1.165) is 12.1 Å². The Morgan fingerprint density at radius 1 is 0.857 bits per heavy atom. The molecule has 3 heteroatoms. The van der Waals surface area contributed by atoms with Crippen molar-refractivity contribution < 1.29 is 0 Å². The average Bonchev–Trinajstić information content (AvgIpc) is 2.88. The average molecular weight is 376 g/mol. The first-order valence-corrected chi connectivity index (χ1v) is 10.9. The number of rotatable bonds is 5. The maximum absolute atomic E-state index is 5.08. The van der Waals surface area contributed by atoms with E-state index in [4.69, 9.17) is 4.98 Å². The fraction of sp³-hybridized carbons (Fsp3) is 0.480. The maximum atomic E-state index is 5.08. The monoisotopic (exact) mass is 375 g/mol. The summed E-state index contributed by atoms with van der Waals surface area (Å²) >= 11 is 0. The van der Waals surface area contributed by atoms with Gasteiger partial charge in [0.1, 0.15) is 5.82 Å². The van der Waals surface area contributed by atoms with Crippen molar-refractivity contribution in [2.75, 3.05) is 13.1 Å². The highest BCUT2D eigenvalue weighted by Gasteiger charge is 2.23. The van der Waals surface area contributed by atoms with Crippen LogP contribution in [0.2, 0.25) is 0 Å². The van der Waals surface area contributed by atoms with Gasteiger partial charge in [0, 0.05) is 6.54 Å². The Hall–Kier alpha value is -2.13. The van der Waals surface area contributed by atoms with Crippen molar-refractivity contribution in [2.24, 2.45) is 0 Å². The number of para-hydroxylation sites is 2. The van der Waals surface area contributed by atoms with Crippen LogP contribution in [-0.4, -0.2) is 27.5 Å². The van der Waals surface area contributed by atoms with Crippen LogP contribution in [0.1, 0.15) is 75.4 Å². The van der Waals surface area contributed by atoms with Crippen LogP contribution in [0.5, 0.6) is 0 Å². The fourth-order valence-electron chi connectivity index (χ4n) is 4.42. The number of hydrogen-bond acceptors (Lipinski definition) is 2. The second-order valence-electron chi connectivity index (χ2n) is 8.57. The molecule has 1 atom stereocenters. The summed E-state index contributed by atoms with van der Waals surface area (Å²) in [6.45, 7) is 10.1. The van der Waals surface area contributed by atoms with Crippen LogP contribution in [0.4, 0.5) is 0 Å². The number of likely N-dealkylation sites (tertiary alicyclic amines) is 1. The largest absolute Gasteiger partial charge is 0.322 e. The highest BCUT2D eigenvalue weighted by molar-refractivity contribution is 5.76. The molecule has 2 aromatic carbocycles. The quantitative estimate of drug-likeness (QED) is 0.534. The lowest BCUT2D eigenvalue weighted by Crippen LogP contribution is -2.30. The summed E-state index contributed by atoms with van der Waals surface area (Å²) in [6.07, 6.45) is 5.34. The summed E-state index contributed by atoms with van der Waals surface area (Å²) in [5, 5.41) is 0. The van der Waals surface area contributed by atoms with Gasteiger partial charge >= 0.3 is 0 Å². The summed E-state index contributed by atoms with van der Waals surface area (Å²) < 4.78 is 2.44. The molecule has 1 saturated heterocycles. The highest BCUT2D eigenvalue weighted by Crippen LogP contribution is 2.28. The van der Waals surface area contributed by atoms with Crippen LogP contribution in [0.3, 0.4) is 0 Å². The van der Waals surface area contributed by atoms with Crippen LogP contribution < -0.4 is 0 Å². The van der Waals surface area contributed by atoms with Gasteiger partial charge in [0.2, 0.25) is 0 Å². The first kappa shape index (κ1) is 19.2. The third-order valence-electron chi connectivity index (χ3n) is 6.23. The van der Waals surface area contributed by atoms with Crippen molar-refractivity contribution in [1.82, 2.24) is 14.5 Å². The van der Waals surface area contributed by atoms with Gasteiger partial charge in [0.25, 0.3) is 0 Å². The number of benzene rings is 2. The topological polar surface area (TPSA) is 21.1 Å². The van der Waals surface area contributed by atoms with Crippen LogP contribution in [0.15, 0.2) is 48.5 Å². The molecule has 0 spiro atoms. The predicted molar refractivity (Wildman–Crippen MR) is 118 cm³/mol. The summed E-state index contributed by atoms with van der Waals surface area (Å²) in [5.41, 5.74) is 5.10. The minimum atomic E-state index is 0.348. The van der Waals surface area contributed by atoms with E-state index < -0.39 is 0 Å². The van der Waals surface area contributed by atoms with Crippen LogP contribution in [0.25, 0.3) is 11.0 Å². The van der Waals surface area contributed by atoms with E-state index in [0.29, 0.717) is 12.0 Å². The first-order chi connectivity index (χ1) is 13.6. The molecule has 0 saturated carbocycles. The van der Waals surface area contributed by atoms with E-state index in [9.17, 15) is 0 Å². The molecule has 0 amide bonds. The number of fused-ring (bicyclic) bond motifs is 1. The van der Waals surface area contributed by atoms with Gasteiger partial charge in [-0.25, -0.2) is 4.98 Å². The van der Waals surface area contributed by atoms with Crippen molar-refractivity contribution in [3.05, 3.63) is 65.5 Å². The minimum absolute atomic E-state index is 0.348. The molecular formula is C25H33N3. The highest BCUT2D eigenvalue weighted by atomic mass is 15.2. The van der Waals surface area contributed by atoms with Gasteiger partial charge in [0.15, 0.2) is 0 Å². The Bertz CT molecular complexity index is 899. The molecule has 1 aliphatic heterocycles. The lowest BCUT2D eigenvalue weighted by molar-refractivity contribution is 0.208. The van der Waals surface area contributed by atoms with E-state index in [1.165, 1.54) is 61.2 Å². The van der Waals surface area contributed by atoms with Crippen LogP contribution >= 0.6 is 0 Å². The zero-order valence-electron chi connectivity index (χ0n) is 17.6. The summed E-state index contributed by atoms with van der Waals surface area (Å²) in [6, 6.07) is 18.0. The summed E-state index contributed by atoms with van der Waals surface area (Å²) in [4.78, 5) is 7.71. The van der Waals surface area contributed by atoms with E-state index >= 15 is 0 Å². The van der Waals surface area contributed by atoms with Gasteiger partial charge in [0.05, 0.1) is 17.1 Å². The Kier molecular flexibility index (Phi) is 5.82. The van der Waals surface area contributed by atoms with Crippen LogP contribution in [0, 0.1) is 0 Å². The molecule has 0 aliphatic carbocycles. The van der Waals surface area contributed by atoms with Gasteiger partial charge in [-0.15, -0.1) is 0 Å². The minimum Gasteiger partial charge on any atom is -0.322 e. The molecule has 1 aliphatic rings. The number of imidazole rings is 1. The smallest absolute Gasteiger partial charge is 0.127 e. The second kappa shape index (κ2) is 8.48. The first-order valence-electron chi connectivity index (χ1n) is 10.9. The number of nitrogens with zero attached hydrogens (tertiary/aromatic N) is 3. The maximum Gasteiger partial charge on any atom is 0.127 e. The molecule has 0 N–H and O–H groups in total. The van der Waals surface area contributed by atoms with E-state index in [1.807, 2.05) is 0 Å². The summed E-state index contributed by atoms with van der Waals surface area (Å²) in [7, 11) is 0. The molecule has 3 aromatic rings. The van der Waals surface area contributed by atoms with Crippen LogP contribution in [-0.2, 0) is 6.54 Å². The van der Waals surface area contributed by atoms with Gasteiger partial charge < -0.3 is 4.57 Å². The zero-order chi connectivity index (χ0) is 19.5. The third kappa shape index (κ3) is 4.00. The molecule has 4 rings (SSSR count). The van der Waals surface area contributed by atoms with E-state index in [1.54, 1.807) is 0 Å². The molecule has 0 radical (unpaired) electrons. The normalized spacial score (nSPS) is 17.1. The Balaban J connectivity index is 1.68. The molecule has 3 nitrogen and oxygen atoms in total.